The molecule has 0 radical (unpaired) electrons. The van der Waals surface area contributed by atoms with E-state index in [-0.39, 0.29) is 12.5 Å². The Balaban J connectivity index is 1.86. The van der Waals surface area contributed by atoms with Gasteiger partial charge in [-0.2, -0.15) is 5.10 Å². The number of rotatable bonds is 5. The second-order valence-electron chi connectivity index (χ2n) is 5.34. The predicted octanol–water partition coefficient (Wildman–Crippen LogP) is 0.798. The zero-order valence-corrected chi connectivity index (χ0v) is 12.4. The fourth-order valence-electron chi connectivity index (χ4n) is 2.50. The van der Waals surface area contributed by atoms with Crippen molar-refractivity contribution >= 4 is 11.6 Å². The van der Waals surface area contributed by atoms with Crippen LogP contribution in [0.1, 0.15) is 5.56 Å². The Morgan fingerprint density at radius 1 is 1.45 bits per heavy atom. The van der Waals surface area contributed by atoms with E-state index in [4.69, 9.17) is 10.5 Å². The lowest BCUT2D eigenvalue weighted by Crippen LogP contribution is -2.25. The van der Waals surface area contributed by atoms with E-state index in [0.717, 1.165) is 29.9 Å². The van der Waals surface area contributed by atoms with Crippen LogP contribution in [0.25, 0.3) is 11.3 Å². The number of benzene rings is 1. The molecule has 1 aromatic heterocycles. The van der Waals surface area contributed by atoms with E-state index in [1.165, 1.54) is 0 Å². The molecule has 22 heavy (non-hydrogen) atoms. The number of carbonyl (C=O) groups excluding carboxylic acids is 1. The zero-order valence-electron chi connectivity index (χ0n) is 12.4. The summed E-state index contributed by atoms with van der Waals surface area (Å²) in [6.45, 7) is 2.25. The summed E-state index contributed by atoms with van der Waals surface area (Å²) in [5, 5.41) is 9.96. The van der Waals surface area contributed by atoms with Gasteiger partial charge in [-0.15, -0.1) is 0 Å². The first-order chi connectivity index (χ1) is 10.7. The van der Waals surface area contributed by atoms with Crippen LogP contribution in [0.4, 0.5) is 5.69 Å². The molecule has 3 rings (SSSR count). The molecule has 0 fully saturated rings. The number of nitrogens with one attached hydrogen (secondary N) is 2. The van der Waals surface area contributed by atoms with Crippen LogP contribution >= 0.6 is 0 Å². The Kier molecular flexibility index (Phi) is 4.08. The SMILES string of the molecule is CN(CCN)Cc1cn[nH]c1-c1ccc2c(c1)OCC(=O)N2. The third-order valence-corrected chi connectivity index (χ3v) is 3.57. The summed E-state index contributed by atoms with van der Waals surface area (Å²) in [4.78, 5) is 13.5. The van der Waals surface area contributed by atoms with Gasteiger partial charge in [-0.1, -0.05) is 6.07 Å². The van der Waals surface area contributed by atoms with Crippen LogP contribution in [0.2, 0.25) is 0 Å². The van der Waals surface area contributed by atoms with Crippen molar-refractivity contribution in [2.24, 2.45) is 5.73 Å². The van der Waals surface area contributed by atoms with Crippen LogP contribution in [0.5, 0.6) is 5.75 Å². The van der Waals surface area contributed by atoms with Crippen molar-refractivity contribution in [2.45, 2.75) is 6.54 Å². The highest BCUT2D eigenvalue weighted by molar-refractivity contribution is 5.95. The van der Waals surface area contributed by atoms with Crippen molar-refractivity contribution in [3.8, 4) is 17.0 Å². The molecule has 7 nitrogen and oxygen atoms in total. The van der Waals surface area contributed by atoms with Crippen molar-refractivity contribution in [1.82, 2.24) is 15.1 Å². The third kappa shape index (κ3) is 2.95. The van der Waals surface area contributed by atoms with Gasteiger partial charge in [0, 0.05) is 30.8 Å². The summed E-state index contributed by atoms with van der Waals surface area (Å²) in [7, 11) is 2.02. The molecule has 4 N–H and O–H groups in total. The molecule has 0 unspecified atom stereocenters. The Morgan fingerprint density at radius 3 is 3.14 bits per heavy atom. The first-order valence-electron chi connectivity index (χ1n) is 7.15. The van der Waals surface area contributed by atoms with Crippen LogP contribution in [-0.4, -0.2) is 47.7 Å². The molecule has 1 aliphatic rings. The summed E-state index contributed by atoms with van der Waals surface area (Å²) in [5.41, 5.74) is 9.29. The van der Waals surface area contributed by atoms with E-state index >= 15 is 0 Å². The molecule has 1 aliphatic heterocycles. The van der Waals surface area contributed by atoms with Gasteiger partial charge in [-0.25, -0.2) is 0 Å². The molecule has 7 heteroatoms. The minimum atomic E-state index is -0.133. The Morgan fingerprint density at radius 2 is 2.32 bits per heavy atom. The van der Waals surface area contributed by atoms with Gasteiger partial charge in [-0.05, 0) is 19.2 Å². The number of aromatic nitrogens is 2. The van der Waals surface area contributed by atoms with Gasteiger partial charge >= 0.3 is 0 Å². The van der Waals surface area contributed by atoms with Gasteiger partial charge in [0.25, 0.3) is 5.91 Å². The molecule has 2 heterocycles. The number of fused-ring (bicyclic) bond motifs is 1. The van der Waals surface area contributed by atoms with Gasteiger partial charge < -0.3 is 20.7 Å². The van der Waals surface area contributed by atoms with Gasteiger partial charge in [0.05, 0.1) is 17.6 Å². The normalized spacial score (nSPS) is 13.7. The maximum absolute atomic E-state index is 11.3. The molecular formula is C15H19N5O2. The topological polar surface area (TPSA) is 96.3 Å². The van der Waals surface area contributed by atoms with E-state index in [2.05, 4.69) is 20.4 Å². The van der Waals surface area contributed by atoms with E-state index in [0.29, 0.717) is 18.0 Å². The number of H-pyrrole nitrogens is 1. The van der Waals surface area contributed by atoms with Gasteiger partial charge in [0.1, 0.15) is 5.75 Å². The van der Waals surface area contributed by atoms with E-state index < -0.39 is 0 Å². The second kappa shape index (κ2) is 6.17. The molecule has 0 bridgehead atoms. The number of hydrogen-bond acceptors (Lipinski definition) is 5. The molecule has 0 saturated heterocycles. The summed E-state index contributed by atoms with van der Waals surface area (Å²) in [5.74, 6) is 0.541. The molecule has 1 amide bonds. The molecule has 0 aliphatic carbocycles. The standard InChI is InChI=1S/C15H19N5O2/c1-20(5-4-16)8-11-7-17-19-15(11)10-2-3-12-13(6-10)22-9-14(21)18-12/h2-3,6-7H,4-5,8-9,16H2,1H3,(H,17,19)(H,18,21). The van der Waals surface area contributed by atoms with Crippen LogP contribution < -0.4 is 15.8 Å². The number of carbonyl (C=O) groups is 1. The largest absolute Gasteiger partial charge is 0.482 e. The number of amides is 1. The lowest BCUT2D eigenvalue weighted by molar-refractivity contribution is -0.118. The minimum Gasteiger partial charge on any atom is -0.482 e. The number of nitrogens with zero attached hydrogens (tertiary/aromatic N) is 2. The molecule has 116 valence electrons. The highest BCUT2D eigenvalue weighted by Gasteiger charge is 2.18. The van der Waals surface area contributed by atoms with Crippen molar-refractivity contribution in [2.75, 3.05) is 32.1 Å². The summed E-state index contributed by atoms with van der Waals surface area (Å²) < 4.78 is 5.46. The average Bonchev–Trinajstić information content (AvgIpc) is 2.95. The predicted molar refractivity (Wildman–Crippen MR) is 83.5 cm³/mol. The monoisotopic (exact) mass is 301 g/mol. The number of anilines is 1. The lowest BCUT2D eigenvalue weighted by atomic mass is 10.1. The van der Waals surface area contributed by atoms with Crippen molar-refractivity contribution in [1.29, 1.82) is 0 Å². The fourth-order valence-corrected chi connectivity index (χ4v) is 2.50. The van der Waals surface area contributed by atoms with E-state index in [9.17, 15) is 4.79 Å². The zero-order chi connectivity index (χ0) is 15.5. The summed E-state index contributed by atoms with van der Waals surface area (Å²) in [6, 6.07) is 5.69. The Labute approximate surface area is 128 Å². The molecule has 1 aromatic carbocycles. The first kappa shape index (κ1) is 14.6. The Bertz CT molecular complexity index is 682. The highest BCUT2D eigenvalue weighted by atomic mass is 16.5. The second-order valence-corrected chi connectivity index (χ2v) is 5.34. The number of hydrogen-bond donors (Lipinski definition) is 3. The number of aromatic amines is 1. The van der Waals surface area contributed by atoms with E-state index in [1.54, 1.807) is 0 Å². The average molecular weight is 301 g/mol. The maximum Gasteiger partial charge on any atom is 0.262 e. The summed E-state index contributed by atoms with van der Waals surface area (Å²) >= 11 is 0. The Hall–Kier alpha value is -2.38. The van der Waals surface area contributed by atoms with Crippen LogP contribution in [-0.2, 0) is 11.3 Å². The van der Waals surface area contributed by atoms with Crippen LogP contribution in [0, 0.1) is 0 Å². The van der Waals surface area contributed by atoms with Gasteiger partial charge in [0.2, 0.25) is 0 Å². The van der Waals surface area contributed by atoms with Crippen LogP contribution in [0.3, 0.4) is 0 Å². The maximum atomic E-state index is 11.3. The van der Waals surface area contributed by atoms with Gasteiger partial charge in [0.15, 0.2) is 6.61 Å². The number of nitrogens with two attached hydrogens (primary N) is 1. The van der Waals surface area contributed by atoms with Crippen molar-refractivity contribution in [3.05, 3.63) is 30.0 Å². The molecule has 0 atom stereocenters. The molecular weight excluding hydrogens is 282 g/mol. The van der Waals surface area contributed by atoms with Crippen molar-refractivity contribution in [3.63, 3.8) is 0 Å². The summed E-state index contributed by atoms with van der Waals surface area (Å²) in [6.07, 6.45) is 1.82. The van der Waals surface area contributed by atoms with Crippen LogP contribution in [0.15, 0.2) is 24.4 Å². The third-order valence-electron chi connectivity index (χ3n) is 3.57. The first-order valence-corrected chi connectivity index (χ1v) is 7.15. The number of likely N-dealkylation sites (N-methyl/N-ethyl adjacent to an activating group) is 1. The molecule has 2 aromatic rings. The minimum absolute atomic E-state index is 0.0471. The van der Waals surface area contributed by atoms with E-state index in [1.807, 2.05) is 31.4 Å². The quantitative estimate of drug-likeness (QED) is 0.759. The highest BCUT2D eigenvalue weighted by Crippen LogP contribution is 2.33. The molecule has 0 spiro atoms. The number of ether oxygens (including phenoxy) is 1. The lowest BCUT2D eigenvalue weighted by Gasteiger charge is -2.19. The van der Waals surface area contributed by atoms with Gasteiger partial charge in [-0.3, -0.25) is 9.89 Å². The van der Waals surface area contributed by atoms with Crippen molar-refractivity contribution < 1.29 is 9.53 Å². The molecule has 0 saturated carbocycles. The smallest absolute Gasteiger partial charge is 0.262 e. The fraction of sp³-hybridized carbons (Fsp3) is 0.333.